The first-order valence-corrected chi connectivity index (χ1v) is 9.60. The van der Waals surface area contributed by atoms with Crippen LogP contribution in [0.15, 0.2) is 64.5 Å². The van der Waals surface area contributed by atoms with Crippen molar-refractivity contribution in [1.82, 2.24) is 10.1 Å². The van der Waals surface area contributed by atoms with Gasteiger partial charge in [-0.3, -0.25) is 4.79 Å². The van der Waals surface area contributed by atoms with Crippen LogP contribution in [0.4, 0.5) is 16.5 Å². The summed E-state index contributed by atoms with van der Waals surface area (Å²) in [4.78, 5) is 16.9. The largest absolute Gasteiger partial charge is 0.354 e. The van der Waals surface area contributed by atoms with Crippen LogP contribution in [0.2, 0.25) is 0 Å². The number of thiazole rings is 1. The number of para-hydroxylation sites is 1. The van der Waals surface area contributed by atoms with Crippen LogP contribution < -0.4 is 10.6 Å². The lowest BCUT2D eigenvalue weighted by Gasteiger charge is -2.05. The minimum atomic E-state index is -0.322. The van der Waals surface area contributed by atoms with Gasteiger partial charge in [0, 0.05) is 22.8 Å². The summed E-state index contributed by atoms with van der Waals surface area (Å²) in [5.41, 5.74) is 4.72. The molecule has 4 aromatic rings. The maximum atomic E-state index is 12.4. The number of hydrogen-bond donors (Lipinski definition) is 2. The lowest BCUT2D eigenvalue weighted by Crippen LogP contribution is -2.12. The van der Waals surface area contributed by atoms with Gasteiger partial charge in [-0.1, -0.05) is 41.1 Å². The summed E-state index contributed by atoms with van der Waals surface area (Å²) in [6.07, 6.45) is 0. The van der Waals surface area contributed by atoms with E-state index in [4.69, 9.17) is 4.52 Å². The van der Waals surface area contributed by atoms with E-state index in [2.05, 4.69) is 20.8 Å². The molecule has 0 fully saturated rings. The third kappa shape index (κ3) is 3.94. The Morgan fingerprint density at radius 1 is 1.07 bits per heavy atom. The second-order valence-electron chi connectivity index (χ2n) is 6.37. The first-order valence-electron chi connectivity index (χ1n) is 8.72. The highest BCUT2D eigenvalue weighted by Gasteiger charge is 2.16. The van der Waals surface area contributed by atoms with E-state index in [1.807, 2.05) is 67.8 Å². The van der Waals surface area contributed by atoms with Crippen molar-refractivity contribution in [3.8, 4) is 11.5 Å². The number of aromatic nitrogens is 2. The molecule has 6 nitrogen and oxygen atoms in total. The summed E-state index contributed by atoms with van der Waals surface area (Å²) in [6, 6.07) is 17.2. The summed E-state index contributed by atoms with van der Waals surface area (Å²) >= 11 is 1.46. The third-order valence-corrected chi connectivity index (χ3v) is 4.95. The highest BCUT2D eigenvalue weighted by atomic mass is 32.1. The van der Waals surface area contributed by atoms with Crippen LogP contribution in [0.5, 0.6) is 0 Å². The molecular formula is C21H18N4O2S. The number of nitrogens with zero attached hydrogens (tertiary/aromatic N) is 2. The van der Waals surface area contributed by atoms with Gasteiger partial charge in [-0.15, -0.1) is 11.3 Å². The molecule has 2 heterocycles. The molecule has 2 aromatic heterocycles. The molecule has 28 heavy (non-hydrogen) atoms. The van der Waals surface area contributed by atoms with Crippen LogP contribution in [0.3, 0.4) is 0 Å². The second-order valence-corrected chi connectivity index (χ2v) is 7.23. The first-order chi connectivity index (χ1) is 13.6. The number of aryl methyl sites for hydroxylation is 2. The average molecular weight is 390 g/mol. The van der Waals surface area contributed by atoms with E-state index in [-0.39, 0.29) is 11.6 Å². The van der Waals surface area contributed by atoms with Crippen molar-refractivity contribution in [2.24, 2.45) is 0 Å². The number of benzene rings is 2. The summed E-state index contributed by atoms with van der Waals surface area (Å²) < 4.78 is 5.32. The topological polar surface area (TPSA) is 80.0 Å². The van der Waals surface area contributed by atoms with Gasteiger partial charge in [0.25, 0.3) is 5.91 Å². The molecule has 4 rings (SSSR count). The molecule has 0 radical (unpaired) electrons. The van der Waals surface area contributed by atoms with Crippen molar-refractivity contribution in [3.05, 3.63) is 76.8 Å². The predicted octanol–water partition coefficient (Wildman–Crippen LogP) is 5.41. The number of amides is 1. The molecule has 0 bridgehead atoms. The van der Waals surface area contributed by atoms with Crippen LogP contribution in [0.1, 0.15) is 21.6 Å². The van der Waals surface area contributed by atoms with Crippen LogP contribution >= 0.6 is 11.3 Å². The van der Waals surface area contributed by atoms with E-state index in [9.17, 15) is 4.79 Å². The normalized spacial score (nSPS) is 10.6. The molecule has 0 saturated carbocycles. The maximum absolute atomic E-state index is 12.4. The van der Waals surface area contributed by atoms with Gasteiger partial charge in [-0.05, 0) is 37.6 Å². The molecule has 1 amide bonds. The van der Waals surface area contributed by atoms with Crippen molar-refractivity contribution in [1.29, 1.82) is 0 Å². The molecule has 0 spiro atoms. The fraction of sp³-hybridized carbons (Fsp3) is 0.0952. The maximum Gasteiger partial charge on any atom is 0.277 e. The number of hydrogen-bond acceptors (Lipinski definition) is 6. The Hall–Kier alpha value is -3.45. The molecule has 0 aliphatic heterocycles. The number of rotatable bonds is 5. The van der Waals surface area contributed by atoms with Gasteiger partial charge in [0.1, 0.15) is 5.69 Å². The highest BCUT2D eigenvalue weighted by molar-refractivity contribution is 7.14. The molecule has 0 saturated heterocycles. The van der Waals surface area contributed by atoms with Gasteiger partial charge < -0.3 is 15.2 Å². The second kappa shape index (κ2) is 7.66. The predicted molar refractivity (Wildman–Crippen MR) is 111 cm³/mol. The van der Waals surface area contributed by atoms with Gasteiger partial charge in [0.2, 0.25) is 0 Å². The van der Waals surface area contributed by atoms with E-state index >= 15 is 0 Å². The molecule has 0 aliphatic rings. The van der Waals surface area contributed by atoms with Gasteiger partial charge in [-0.25, -0.2) is 4.98 Å². The van der Waals surface area contributed by atoms with E-state index in [0.717, 1.165) is 22.1 Å². The number of nitrogens with one attached hydrogen (secondary N) is 2. The molecule has 7 heteroatoms. The Morgan fingerprint density at radius 3 is 2.64 bits per heavy atom. The van der Waals surface area contributed by atoms with Crippen LogP contribution in [0, 0.1) is 13.8 Å². The van der Waals surface area contributed by atoms with Crippen molar-refractivity contribution >= 4 is 33.8 Å². The molecule has 0 unspecified atom stereocenters. The zero-order valence-corrected chi connectivity index (χ0v) is 16.2. The summed E-state index contributed by atoms with van der Waals surface area (Å²) in [7, 11) is 0. The molecule has 2 aromatic carbocycles. The molecule has 0 aliphatic carbocycles. The van der Waals surface area contributed by atoms with E-state index < -0.39 is 0 Å². The Labute approximate surface area is 166 Å². The number of anilines is 3. The standard InChI is InChI=1S/C21H18N4O2S/c1-13-7-9-15(10-8-13)22-21-24-18(12-28-21)19-11-17(25-27-19)20(26)23-16-6-4-3-5-14(16)2/h3-12H,1-2H3,(H,22,24)(H,23,26). The van der Waals surface area contributed by atoms with Gasteiger partial charge >= 0.3 is 0 Å². The lowest BCUT2D eigenvalue weighted by molar-refractivity contribution is 0.101. The molecular weight excluding hydrogens is 372 g/mol. The van der Waals surface area contributed by atoms with Gasteiger partial charge in [-0.2, -0.15) is 0 Å². The molecule has 140 valence electrons. The highest BCUT2D eigenvalue weighted by Crippen LogP contribution is 2.28. The minimum Gasteiger partial charge on any atom is -0.354 e. The Balaban J connectivity index is 1.47. The van der Waals surface area contributed by atoms with Gasteiger partial charge in [0.15, 0.2) is 16.6 Å². The number of carbonyl (C=O) groups excluding carboxylic acids is 1. The Bertz CT molecular complexity index is 1120. The van der Waals surface area contributed by atoms with E-state index in [1.54, 1.807) is 6.07 Å². The van der Waals surface area contributed by atoms with Crippen molar-refractivity contribution in [2.75, 3.05) is 10.6 Å². The van der Waals surface area contributed by atoms with Crippen molar-refractivity contribution < 1.29 is 9.32 Å². The molecule has 0 atom stereocenters. The average Bonchev–Trinajstić information content (AvgIpc) is 3.35. The van der Waals surface area contributed by atoms with Crippen LogP contribution in [-0.4, -0.2) is 16.0 Å². The monoisotopic (exact) mass is 390 g/mol. The zero-order valence-electron chi connectivity index (χ0n) is 15.4. The van der Waals surface area contributed by atoms with E-state index in [0.29, 0.717) is 11.5 Å². The third-order valence-electron chi connectivity index (χ3n) is 4.20. The van der Waals surface area contributed by atoms with E-state index in [1.165, 1.54) is 16.9 Å². The van der Waals surface area contributed by atoms with Crippen LogP contribution in [-0.2, 0) is 0 Å². The molecule has 2 N–H and O–H groups in total. The van der Waals surface area contributed by atoms with Crippen molar-refractivity contribution in [2.45, 2.75) is 13.8 Å². The Morgan fingerprint density at radius 2 is 1.86 bits per heavy atom. The fourth-order valence-corrected chi connectivity index (χ4v) is 3.33. The Kier molecular flexibility index (Phi) is 4.90. The summed E-state index contributed by atoms with van der Waals surface area (Å²) in [6.45, 7) is 3.98. The van der Waals surface area contributed by atoms with Crippen molar-refractivity contribution in [3.63, 3.8) is 0 Å². The van der Waals surface area contributed by atoms with Gasteiger partial charge in [0.05, 0.1) is 0 Å². The summed E-state index contributed by atoms with van der Waals surface area (Å²) in [5.74, 6) is 0.126. The fourth-order valence-electron chi connectivity index (χ4n) is 2.61. The first kappa shape index (κ1) is 17.9. The lowest BCUT2D eigenvalue weighted by atomic mass is 10.2. The summed E-state index contributed by atoms with van der Waals surface area (Å²) in [5, 5.41) is 12.6. The zero-order chi connectivity index (χ0) is 19.5. The minimum absolute atomic E-state index is 0.208. The number of carbonyl (C=O) groups is 1. The smallest absolute Gasteiger partial charge is 0.277 e. The quantitative estimate of drug-likeness (QED) is 0.476. The SMILES string of the molecule is Cc1ccc(Nc2nc(-c3cc(C(=O)Nc4ccccc4C)no3)cs2)cc1. The van der Waals surface area contributed by atoms with Crippen LogP contribution in [0.25, 0.3) is 11.5 Å².